The SMILES string of the molecule is O=C(Cc1ccc2ccccc2c1)Nc1nc2c(nc1C(O)c1ccccc1)-c1ccc(F)cc1CC2. The molecule has 1 heterocycles. The summed E-state index contributed by atoms with van der Waals surface area (Å²) in [7, 11) is 0. The van der Waals surface area contributed by atoms with E-state index in [1.54, 1.807) is 18.2 Å². The molecule has 6 rings (SSSR count). The van der Waals surface area contributed by atoms with E-state index in [9.17, 15) is 14.3 Å². The van der Waals surface area contributed by atoms with Crippen molar-refractivity contribution in [3.8, 4) is 11.3 Å². The van der Waals surface area contributed by atoms with Crippen LogP contribution in [0.25, 0.3) is 22.0 Å². The summed E-state index contributed by atoms with van der Waals surface area (Å²) in [4.78, 5) is 22.7. The van der Waals surface area contributed by atoms with Gasteiger partial charge in [0.2, 0.25) is 5.91 Å². The number of nitrogens with one attached hydrogen (secondary N) is 1. The molecule has 0 fully saturated rings. The summed E-state index contributed by atoms with van der Waals surface area (Å²) in [5, 5.41) is 16.4. The molecule has 5 nitrogen and oxygen atoms in total. The molecule has 0 bridgehead atoms. The van der Waals surface area contributed by atoms with Crippen molar-refractivity contribution < 1.29 is 14.3 Å². The van der Waals surface area contributed by atoms with Crippen molar-refractivity contribution in [2.75, 3.05) is 5.32 Å². The van der Waals surface area contributed by atoms with Crippen LogP contribution in [0, 0.1) is 5.82 Å². The highest BCUT2D eigenvalue weighted by atomic mass is 19.1. The van der Waals surface area contributed by atoms with E-state index in [0.29, 0.717) is 29.8 Å². The molecule has 1 amide bonds. The number of hydrogen-bond donors (Lipinski definition) is 2. The molecule has 0 spiro atoms. The number of carbonyl (C=O) groups excluding carboxylic acids is 1. The quantitative estimate of drug-likeness (QED) is 0.327. The van der Waals surface area contributed by atoms with Gasteiger partial charge in [-0.25, -0.2) is 14.4 Å². The number of aliphatic hydroxyl groups is 1. The Balaban J connectivity index is 1.37. The molecule has 0 aliphatic heterocycles. The number of nitrogens with zero attached hydrogens (tertiary/aromatic N) is 2. The van der Waals surface area contributed by atoms with Crippen LogP contribution >= 0.6 is 0 Å². The molecule has 6 heteroatoms. The summed E-state index contributed by atoms with van der Waals surface area (Å²) in [6.45, 7) is 0. The smallest absolute Gasteiger partial charge is 0.229 e. The van der Waals surface area contributed by atoms with E-state index in [1.165, 1.54) is 12.1 Å². The first-order valence-corrected chi connectivity index (χ1v) is 12.3. The molecule has 1 atom stereocenters. The normalized spacial score (nSPS) is 13.0. The second-order valence-electron chi connectivity index (χ2n) is 9.27. The van der Waals surface area contributed by atoms with E-state index in [-0.39, 0.29) is 29.7 Å². The standard InChI is InChI=1S/C31H24FN3O2/c32-24-13-14-25-23(18-24)12-15-26-28(25)35-29(30(37)21-7-2-1-3-8-21)31(33-26)34-27(36)17-19-10-11-20-6-4-5-9-22(20)16-19/h1-11,13-14,16,18,30,37H,12,15,17H2,(H,33,34,36). The Morgan fingerprint density at radius 1 is 0.892 bits per heavy atom. The predicted molar refractivity (Wildman–Crippen MR) is 142 cm³/mol. The number of aryl methyl sites for hydroxylation is 2. The van der Waals surface area contributed by atoms with Gasteiger partial charge in [-0.05, 0) is 58.5 Å². The summed E-state index contributed by atoms with van der Waals surface area (Å²) >= 11 is 0. The summed E-state index contributed by atoms with van der Waals surface area (Å²) < 4.78 is 13.8. The molecule has 4 aromatic carbocycles. The van der Waals surface area contributed by atoms with E-state index in [4.69, 9.17) is 9.97 Å². The van der Waals surface area contributed by atoms with E-state index in [2.05, 4.69) is 5.32 Å². The van der Waals surface area contributed by atoms with Gasteiger partial charge in [0.05, 0.1) is 17.8 Å². The largest absolute Gasteiger partial charge is 0.382 e. The van der Waals surface area contributed by atoms with Crippen LogP contribution in [0.1, 0.15) is 34.2 Å². The van der Waals surface area contributed by atoms with Gasteiger partial charge in [-0.3, -0.25) is 4.79 Å². The third-order valence-corrected chi connectivity index (χ3v) is 6.76. The first kappa shape index (κ1) is 23.0. The predicted octanol–water partition coefficient (Wildman–Crippen LogP) is 5.80. The lowest BCUT2D eigenvalue weighted by Gasteiger charge is -2.22. The minimum absolute atomic E-state index is 0.159. The fourth-order valence-electron chi connectivity index (χ4n) is 4.91. The van der Waals surface area contributed by atoms with Gasteiger partial charge in [-0.1, -0.05) is 72.8 Å². The van der Waals surface area contributed by atoms with Gasteiger partial charge in [0, 0.05) is 5.56 Å². The molecule has 0 saturated carbocycles. The fourth-order valence-corrected chi connectivity index (χ4v) is 4.91. The summed E-state index contributed by atoms with van der Waals surface area (Å²) in [6, 6.07) is 27.7. The van der Waals surface area contributed by atoms with Gasteiger partial charge >= 0.3 is 0 Å². The molecule has 0 radical (unpaired) electrons. The molecule has 5 aromatic rings. The maximum Gasteiger partial charge on any atom is 0.229 e. The Kier molecular flexibility index (Phi) is 5.94. The lowest BCUT2D eigenvalue weighted by atomic mass is 9.91. The average molecular weight is 490 g/mol. The Labute approximate surface area is 213 Å². The number of aliphatic hydroxyl groups excluding tert-OH is 1. The number of anilines is 1. The fraction of sp³-hybridized carbons (Fsp3) is 0.129. The molecule has 1 aliphatic rings. The molecule has 182 valence electrons. The molecule has 1 aromatic heterocycles. The topological polar surface area (TPSA) is 75.1 Å². The summed E-state index contributed by atoms with van der Waals surface area (Å²) in [6.07, 6.45) is 0.251. The highest BCUT2D eigenvalue weighted by Gasteiger charge is 2.26. The number of carbonyl (C=O) groups is 1. The van der Waals surface area contributed by atoms with Crippen LogP contribution in [0.5, 0.6) is 0 Å². The Morgan fingerprint density at radius 3 is 2.51 bits per heavy atom. The third kappa shape index (κ3) is 4.59. The minimum atomic E-state index is -1.10. The van der Waals surface area contributed by atoms with Crippen molar-refractivity contribution in [1.82, 2.24) is 9.97 Å². The molecule has 1 unspecified atom stereocenters. The van der Waals surface area contributed by atoms with Crippen molar-refractivity contribution in [2.45, 2.75) is 25.4 Å². The number of hydrogen-bond acceptors (Lipinski definition) is 4. The number of fused-ring (bicyclic) bond motifs is 4. The number of benzene rings is 4. The summed E-state index contributed by atoms with van der Waals surface area (Å²) in [5.74, 6) is -0.298. The molecular weight excluding hydrogens is 465 g/mol. The van der Waals surface area contributed by atoms with Gasteiger partial charge in [0.25, 0.3) is 0 Å². The monoisotopic (exact) mass is 489 g/mol. The lowest BCUT2D eigenvalue weighted by Crippen LogP contribution is -2.21. The number of halogens is 1. The van der Waals surface area contributed by atoms with Gasteiger partial charge < -0.3 is 10.4 Å². The van der Waals surface area contributed by atoms with Crippen LogP contribution in [0.3, 0.4) is 0 Å². The lowest BCUT2D eigenvalue weighted by molar-refractivity contribution is -0.115. The van der Waals surface area contributed by atoms with Gasteiger partial charge in [0.15, 0.2) is 5.82 Å². The van der Waals surface area contributed by atoms with E-state index < -0.39 is 6.10 Å². The van der Waals surface area contributed by atoms with Gasteiger partial charge in [-0.15, -0.1) is 0 Å². The zero-order chi connectivity index (χ0) is 25.4. The molecule has 1 aliphatic carbocycles. The second-order valence-corrected chi connectivity index (χ2v) is 9.27. The van der Waals surface area contributed by atoms with Crippen LogP contribution < -0.4 is 5.32 Å². The van der Waals surface area contributed by atoms with Crippen LogP contribution in [-0.2, 0) is 24.1 Å². The molecule has 0 saturated heterocycles. The number of amides is 1. The maximum absolute atomic E-state index is 13.8. The zero-order valence-electron chi connectivity index (χ0n) is 20.0. The van der Waals surface area contributed by atoms with Crippen molar-refractivity contribution in [2.24, 2.45) is 0 Å². The first-order chi connectivity index (χ1) is 18.0. The van der Waals surface area contributed by atoms with E-state index in [1.807, 2.05) is 60.7 Å². The number of aromatic nitrogens is 2. The highest BCUT2D eigenvalue weighted by Crippen LogP contribution is 2.35. The Hall–Kier alpha value is -4.42. The average Bonchev–Trinajstić information content (AvgIpc) is 2.92. The van der Waals surface area contributed by atoms with Gasteiger partial charge in [-0.2, -0.15) is 0 Å². The van der Waals surface area contributed by atoms with Crippen molar-refractivity contribution in [3.63, 3.8) is 0 Å². The third-order valence-electron chi connectivity index (χ3n) is 6.76. The summed E-state index contributed by atoms with van der Waals surface area (Å²) in [5.41, 5.74) is 4.75. The zero-order valence-corrected chi connectivity index (χ0v) is 20.0. The van der Waals surface area contributed by atoms with Crippen LogP contribution in [0.15, 0.2) is 91.0 Å². The van der Waals surface area contributed by atoms with Crippen molar-refractivity contribution in [3.05, 3.63) is 125 Å². The highest BCUT2D eigenvalue weighted by molar-refractivity contribution is 5.93. The number of rotatable bonds is 5. The van der Waals surface area contributed by atoms with Crippen LogP contribution in [0.2, 0.25) is 0 Å². The van der Waals surface area contributed by atoms with Crippen molar-refractivity contribution >= 4 is 22.5 Å². The minimum Gasteiger partial charge on any atom is -0.382 e. The maximum atomic E-state index is 13.8. The second kappa shape index (κ2) is 9.56. The Bertz CT molecular complexity index is 1640. The van der Waals surface area contributed by atoms with Crippen LogP contribution in [0.4, 0.5) is 10.2 Å². The van der Waals surface area contributed by atoms with E-state index >= 15 is 0 Å². The first-order valence-electron chi connectivity index (χ1n) is 12.3. The van der Waals surface area contributed by atoms with Crippen LogP contribution in [-0.4, -0.2) is 21.0 Å². The van der Waals surface area contributed by atoms with E-state index in [0.717, 1.165) is 27.5 Å². The molecule has 2 N–H and O–H groups in total. The van der Waals surface area contributed by atoms with Crippen molar-refractivity contribution in [1.29, 1.82) is 0 Å². The Morgan fingerprint density at radius 2 is 1.68 bits per heavy atom. The molecular formula is C31H24FN3O2. The van der Waals surface area contributed by atoms with Gasteiger partial charge in [0.1, 0.15) is 17.6 Å². The molecule has 37 heavy (non-hydrogen) atoms.